The molecule has 0 bridgehead atoms. The van der Waals surface area contributed by atoms with Gasteiger partial charge in [0.05, 0.1) is 4.92 Å². The third kappa shape index (κ3) is 3.91. The molecule has 120 valence electrons. The molecule has 0 aromatic heterocycles. The molecule has 0 aliphatic heterocycles. The molecule has 1 aromatic rings. The monoisotopic (exact) mass is 323 g/mol. The highest BCUT2D eigenvalue weighted by molar-refractivity contribution is 8.00. The smallest absolute Gasteiger partial charge is 0.293 e. The quantitative estimate of drug-likeness (QED) is 0.595. The van der Waals surface area contributed by atoms with Crippen molar-refractivity contribution in [2.24, 2.45) is 0 Å². The number of amides is 1. The highest BCUT2D eigenvalue weighted by Gasteiger charge is 2.41. The molecule has 7 heteroatoms. The first kappa shape index (κ1) is 16.6. The van der Waals surface area contributed by atoms with E-state index in [-0.39, 0.29) is 22.4 Å². The number of hydrogen-bond acceptors (Lipinski definition) is 5. The normalized spacial score (nSPS) is 15.5. The number of nitro groups is 1. The average molecular weight is 323 g/mol. The molecule has 0 atom stereocenters. The molecule has 0 radical (unpaired) electrons. The second kappa shape index (κ2) is 6.56. The van der Waals surface area contributed by atoms with Crippen LogP contribution in [0.5, 0.6) is 0 Å². The molecule has 0 unspecified atom stereocenters. The van der Waals surface area contributed by atoms with Crippen molar-refractivity contribution in [3.63, 3.8) is 0 Å². The third-order valence-electron chi connectivity index (χ3n) is 3.72. The standard InChI is InChI=1S/C15H21N3O3S/c1-10(2)17-14(19)11-4-5-12(13(8-11)18(20)21)16-9-15(22-3)6-7-15/h4-5,8,10,16H,6-7,9H2,1-3H3,(H,17,19). The molecule has 0 heterocycles. The summed E-state index contributed by atoms with van der Waals surface area (Å²) in [4.78, 5) is 22.8. The van der Waals surface area contributed by atoms with E-state index in [2.05, 4.69) is 16.9 Å². The fraction of sp³-hybridized carbons (Fsp3) is 0.533. The Balaban J connectivity index is 2.16. The zero-order valence-electron chi connectivity index (χ0n) is 13.0. The second-order valence-electron chi connectivity index (χ2n) is 5.86. The van der Waals surface area contributed by atoms with E-state index in [9.17, 15) is 14.9 Å². The summed E-state index contributed by atoms with van der Waals surface area (Å²) in [5, 5.41) is 17.2. The van der Waals surface area contributed by atoms with Crippen LogP contribution in [0, 0.1) is 10.1 Å². The van der Waals surface area contributed by atoms with Crippen LogP contribution in [-0.2, 0) is 0 Å². The van der Waals surface area contributed by atoms with Gasteiger partial charge < -0.3 is 10.6 Å². The van der Waals surface area contributed by atoms with Gasteiger partial charge in [0.15, 0.2) is 0 Å². The largest absolute Gasteiger partial charge is 0.378 e. The lowest BCUT2D eigenvalue weighted by molar-refractivity contribution is -0.384. The van der Waals surface area contributed by atoms with Crippen molar-refractivity contribution in [1.82, 2.24) is 5.32 Å². The number of carbonyl (C=O) groups excluding carboxylic acids is 1. The molecule has 0 saturated heterocycles. The number of hydrogen-bond donors (Lipinski definition) is 2. The highest BCUT2D eigenvalue weighted by atomic mass is 32.2. The molecule has 0 spiro atoms. The van der Waals surface area contributed by atoms with Crippen molar-refractivity contribution in [2.45, 2.75) is 37.5 Å². The minimum absolute atomic E-state index is 0.0133. The van der Waals surface area contributed by atoms with Gasteiger partial charge in [-0.1, -0.05) is 0 Å². The van der Waals surface area contributed by atoms with Gasteiger partial charge in [0.2, 0.25) is 0 Å². The number of anilines is 1. The molecule has 1 fully saturated rings. The summed E-state index contributed by atoms with van der Waals surface area (Å²) in [6, 6.07) is 4.55. The zero-order chi connectivity index (χ0) is 16.3. The predicted octanol–water partition coefficient (Wildman–Crippen LogP) is 3.04. The number of nitrogens with zero attached hydrogens (tertiary/aromatic N) is 1. The number of thioether (sulfide) groups is 1. The Morgan fingerprint density at radius 2 is 2.14 bits per heavy atom. The number of nitro benzene ring substituents is 1. The fourth-order valence-electron chi connectivity index (χ4n) is 2.17. The van der Waals surface area contributed by atoms with Gasteiger partial charge >= 0.3 is 0 Å². The number of nitrogens with one attached hydrogen (secondary N) is 2. The molecule has 1 amide bonds. The first-order valence-electron chi connectivity index (χ1n) is 7.25. The molecular formula is C15H21N3O3S. The third-order valence-corrected chi connectivity index (χ3v) is 5.14. The van der Waals surface area contributed by atoms with Gasteiger partial charge in [0.1, 0.15) is 5.69 Å². The predicted molar refractivity (Wildman–Crippen MR) is 89.7 cm³/mol. The van der Waals surface area contributed by atoms with E-state index in [1.807, 2.05) is 13.8 Å². The summed E-state index contributed by atoms with van der Waals surface area (Å²) in [6.45, 7) is 4.39. The Hall–Kier alpha value is -1.76. The summed E-state index contributed by atoms with van der Waals surface area (Å²) in [7, 11) is 0. The fourth-order valence-corrected chi connectivity index (χ4v) is 2.89. The summed E-state index contributed by atoms with van der Waals surface area (Å²) >= 11 is 1.79. The van der Waals surface area contributed by atoms with Gasteiger partial charge in [-0.15, -0.1) is 0 Å². The molecule has 1 aromatic carbocycles. The molecular weight excluding hydrogens is 302 g/mol. The van der Waals surface area contributed by atoms with Crippen LogP contribution in [-0.4, -0.2) is 34.4 Å². The molecule has 1 aliphatic carbocycles. The van der Waals surface area contributed by atoms with Gasteiger partial charge in [0.25, 0.3) is 11.6 Å². The van der Waals surface area contributed by atoms with E-state index in [0.717, 1.165) is 12.8 Å². The maximum Gasteiger partial charge on any atom is 0.293 e. The SMILES string of the molecule is CSC1(CNc2ccc(C(=O)NC(C)C)cc2[N+](=O)[O-])CC1. The van der Waals surface area contributed by atoms with Crippen molar-refractivity contribution < 1.29 is 9.72 Å². The lowest BCUT2D eigenvalue weighted by Crippen LogP contribution is -2.30. The van der Waals surface area contributed by atoms with Gasteiger partial charge in [-0.25, -0.2) is 0 Å². The summed E-state index contributed by atoms with van der Waals surface area (Å²) < 4.78 is 0.210. The Morgan fingerprint density at radius 1 is 1.45 bits per heavy atom. The molecule has 1 aliphatic rings. The number of carbonyl (C=O) groups is 1. The van der Waals surface area contributed by atoms with E-state index >= 15 is 0 Å². The zero-order valence-corrected chi connectivity index (χ0v) is 13.8. The maximum atomic E-state index is 12.0. The summed E-state index contributed by atoms with van der Waals surface area (Å²) in [5.41, 5.74) is 0.705. The van der Waals surface area contributed by atoms with E-state index < -0.39 is 4.92 Å². The van der Waals surface area contributed by atoms with E-state index in [1.165, 1.54) is 6.07 Å². The molecule has 6 nitrogen and oxygen atoms in total. The minimum Gasteiger partial charge on any atom is -0.378 e. The van der Waals surface area contributed by atoms with Crippen LogP contribution in [0.25, 0.3) is 0 Å². The minimum atomic E-state index is -0.451. The Bertz CT molecular complexity index is 585. The van der Waals surface area contributed by atoms with Crippen molar-refractivity contribution in [3.05, 3.63) is 33.9 Å². The van der Waals surface area contributed by atoms with Gasteiger partial charge in [-0.2, -0.15) is 11.8 Å². The van der Waals surface area contributed by atoms with Crippen LogP contribution in [0.2, 0.25) is 0 Å². The van der Waals surface area contributed by atoms with Gasteiger partial charge in [-0.05, 0) is 45.1 Å². The molecule has 1 saturated carbocycles. The number of rotatable bonds is 7. The van der Waals surface area contributed by atoms with Crippen LogP contribution >= 0.6 is 11.8 Å². The lowest BCUT2D eigenvalue weighted by Gasteiger charge is -2.15. The summed E-state index contributed by atoms with van der Waals surface area (Å²) in [5.74, 6) is -0.299. The van der Waals surface area contributed by atoms with Crippen molar-refractivity contribution in [1.29, 1.82) is 0 Å². The van der Waals surface area contributed by atoms with E-state index in [1.54, 1.807) is 23.9 Å². The lowest BCUT2D eigenvalue weighted by atomic mass is 10.1. The van der Waals surface area contributed by atoms with Crippen LogP contribution in [0.15, 0.2) is 18.2 Å². The second-order valence-corrected chi connectivity index (χ2v) is 7.13. The first-order chi connectivity index (χ1) is 10.4. The van der Waals surface area contributed by atoms with Crippen LogP contribution in [0.4, 0.5) is 11.4 Å². The van der Waals surface area contributed by atoms with Crippen molar-refractivity contribution in [2.75, 3.05) is 18.1 Å². The molecule has 22 heavy (non-hydrogen) atoms. The Kier molecular flexibility index (Phi) is 4.95. The van der Waals surface area contributed by atoms with Gasteiger partial charge in [-0.3, -0.25) is 14.9 Å². The highest BCUT2D eigenvalue weighted by Crippen LogP contribution is 2.47. The molecule has 2 N–H and O–H groups in total. The van der Waals surface area contributed by atoms with Crippen molar-refractivity contribution >= 4 is 29.0 Å². The number of benzene rings is 1. The Morgan fingerprint density at radius 3 is 2.64 bits per heavy atom. The first-order valence-corrected chi connectivity index (χ1v) is 8.48. The van der Waals surface area contributed by atoms with Crippen LogP contribution < -0.4 is 10.6 Å². The van der Waals surface area contributed by atoms with E-state index in [4.69, 9.17) is 0 Å². The summed E-state index contributed by atoms with van der Waals surface area (Å²) in [6.07, 6.45) is 4.32. The topological polar surface area (TPSA) is 84.3 Å². The van der Waals surface area contributed by atoms with E-state index in [0.29, 0.717) is 17.8 Å². The van der Waals surface area contributed by atoms with Crippen molar-refractivity contribution in [3.8, 4) is 0 Å². The van der Waals surface area contributed by atoms with Crippen LogP contribution in [0.3, 0.4) is 0 Å². The maximum absolute atomic E-state index is 12.0. The van der Waals surface area contributed by atoms with Crippen LogP contribution in [0.1, 0.15) is 37.0 Å². The average Bonchev–Trinajstić information content (AvgIpc) is 3.24. The Labute approximate surface area is 134 Å². The van der Waals surface area contributed by atoms with Gasteiger partial charge in [0, 0.05) is 29.0 Å². The molecule has 2 rings (SSSR count).